The molecular weight excluding hydrogens is 449 g/mol. The van der Waals surface area contributed by atoms with Crippen LogP contribution in [0.4, 0.5) is 0 Å². The summed E-state index contributed by atoms with van der Waals surface area (Å²) in [6.45, 7) is 17.2. The van der Waals surface area contributed by atoms with E-state index in [-0.39, 0.29) is 24.0 Å². The van der Waals surface area contributed by atoms with Gasteiger partial charge in [0, 0.05) is 38.3 Å². The maximum atomic E-state index is 4.82. The Morgan fingerprint density at radius 3 is 2.30 bits per heavy atom. The van der Waals surface area contributed by atoms with E-state index in [1.165, 1.54) is 71.2 Å². The maximum Gasteiger partial charge on any atom is 0.191 e. The van der Waals surface area contributed by atoms with Crippen LogP contribution in [0.15, 0.2) is 4.99 Å². The van der Waals surface area contributed by atoms with E-state index in [1.807, 2.05) is 0 Å². The van der Waals surface area contributed by atoms with Gasteiger partial charge in [-0.2, -0.15) is 0 Å². The Bertz CT molecular complexity index is 399. The molecular formula is C21H44IN5. The Balaban J connectivity index is 0.00000364. The molecule has 0 aromatic rings. The number of rotatable bonds is 8. The average Bonchev–Trinajstić information content (AvgIpc) is 2.63. The van der Waals surface area contributed by atoms with Crippen molar-refractivity contribution in [1.82, 2.24) is 20.4 Å². The lowest BCUT2D eigenvalue weighted by molar-refractivity contribution is 0.167. The average molecular weight is 494 g/mol. The molecule has 0 radical (unpaired) electrons. The summed E-state index contributed by atoms with van der Waals surface area (Å²) in [7, 11) is 0. The lowest BCUT2D eigenvalue weighted by Crippen LogP contribution is -2.49. The number of nitrogens with zero attached hydrogens (tertiary/aromatic N) is 3. The van der Waals surface area contributed by atoms with E-state index < -0.39 is 0 Å². The van der Waals surface area contributed by atoms with Crippen LogP contribution in [0, 0.1) is 5.92 Å². The SMILES string of the molecule is CCNC(=NCCCCN1CCC(C)CC1)NC1CCN(C(C)C)CC1.I. The van der Waals surface area contributed by atoms with Crippen LogP contribution in [-0.2, 0) is 0 Å². The molecule has 160 valence electrons. The number of nitrogens with one attached hydrogen (secondary N) is 2. The molecule has 2 aliphatic heterocycles. The van der Waals surface area contributed by atoms with Crippen LogP contribution in [0.1, 0.15) is 66.2 Å². The minimum absolute atomic E-state index is 0. The Labute approximate surface area is 185 Å². The van der Waals surface area contributed by atoms with Crippen LogP contribution in [0.5, 0.6) is 0 Å². The van der Waals surface area contributed by atoms with Crippen LogP contribution in [0.3, 0.4) is 0 Å². The highest BCUT2D eigenvalue weighted by molar-refractivity contribution is 14.0. The molecule has 0 bridgehead atoms. The molecule has 0 aromatic heterocycles. The summed E-state index contributed by atoms with van der Waals surface area (Å²) in [5, 5.41) is 7.09. The highest BCUT2D eigenvalue weighted by atomic mass is 127. The molecule has 2 N–H and O–H groups in total. The first-order valence-corrected chi connectivity index (χ1v) is 11.1. The Kier molecular flexibility index (Phi) is 12.9. The second-order valence-electron chi connectivity index (χ2n) is 8.54. The van der Waals surface area contributed by atoms with E-state index in [2.05, 4.69) is 48.1 Å². The maximum absolute atomic E-state index is 4.82. The molecule has 0 aromatic carbocycles. The van der Waals surface area contributed by atoms with Crippen molar-refractivity contribution in [2.24, 2.45) is 10.9 Å². The van der Waals surface area contributed by atoms with E-state index in [1.54, 1.807) is 0 Å². The van der Waals surface area contributed by atoms with Gasteiger partial charge < -0.3 is 20.4 Å². The molecule has 2 heterocycles. The smallest absolute Gasteiger partial charge is 0.191 e. The fraction of sp³-hybridized carbons (Fsp3) is 0.952. The Morgan fingerprint density at radius 2 is 1.70 bits per heavy atom. The monoisotopic (exact) mass is 493 g/mol. The quantitative estimate of drug-likeness (QED) is 0.235. The molecule has 0 aliphatic carbocycles. The minimum atomic E-state index is 0. The van der Waals surface area contributed by atoms with Crippen LogP contribution < -0.4 is 10.6 Å². The van der Waals surface area contributed by atoms with Crippen molar-refractivity contribution >= 4 is 29.9 Å². The number of guanidine groups is 1. The lowest BCUT2D eigenvalue weighted by atomic mass is 9.99. The summed E-state index contributed by atoms with van der Waals surface area (Å²) in [6, 6.07) is 1.24. The van der Waals surface area contributed by atoms with Gasteiger partial charge in [0.1, 0.15) is 0 Å². The highest BCUT2D eigenvalue weighted by Gasteiger charge is 2.21. The zero-order chi connectivity index (χ0) is 18.8. The molecule has 6 heteroatoms. The standard InChI is InChI=1S/C21H43N5.HI/c1-5-22-21(24-20-10-16-26(17-11-20)18(2)3)23-12-6-7-13-25-14-8-19(4)9-15-25;/h18-20H,5-17H2,1-4H3,(H2,22,23,24);1H. The van der Waals surface area contributed by atoms with Gasteiger partial charge in [-0.25, -0.2) is 0 Å². The van der Waals surface area contributed by atoms with Gasteiger partial charge in [-0.05, 0) is 84.8 Å². The van der Waals surface area contributed by atoms with Gasteiger partial charge in [0.05, 0.1) is 0 Å². The van der Waals surface area contributed by atoms with Crippen molar-refractivity contribution in [2.75, 3.05) is 45.8 Å². The molecule has 2 aliphatic rings. The van der Waals surface area contributed by atoms with Crippen LogP contribution in [0.2, 0.25) is 0 Å². The highest BCUT2D eigenvalue weighted by Crippen LogP contribution is 2.16. The van der Waals surface area contributed by atoms with Gasteiger partial charge >= 0.3 is 0 Å². The fourth-order valence-corrected chi connectivity index (χ4v) is 4.00. The predicted octanol–water partition coefficient (Wildman–Crippen LogP) is 3.54. The number of hydrogen-bond acceptors (Lipinski definition) is 3. The van der Waals surface area contributed by atoms with Crippen LogP contribution in [0.25, 0.3) is 0 Å². The summed E-state index contributed by atoms with van der Waals surface area (Å²) in [5.41, 5.74) is 0. The van der Waals surface area contributed by atoms with E-state index in [9.17, 15) is 0 Å². The van der Waals surface area contributed by atoms with Crippen molar-refractivity contribution in [1.29, 1.82) is 0 Å². The summed E-state index contributed by atoms with van der Waals surface area (Å²) < 4.78 is 0. The van der Waals surface area contributed by atoms with E-state index >= 15 is 0 Å². The normalized spacial score (nSPS) is 21.3. The van der Waals surface area contributed by atoms with Gasteiger partial charge in [-0.3, -0.25) is 4.99 Å². The summed E-state index contributed by atoms with van der Waals surface area (Å²) >= 11 is 0. The van der Waals surface area contributed by atoms with E-state index in [4.69, 9.17) is 4.99 Å². The molecule has 0 spiro atoms. The number of piperidine rings is 2. The molecule has 0 unspecified atom stereocenters. The topological polar surface area (TPSA) is 42.9 Å². The first kappa shape index (κ1) is 25.0. The van der Waals surface area contributed by atoms with Crippen molar-refractivity contribution in [3.63, 3.8) is 0 Å². The Morgan fingerprint density at radius 1 is 1.04 bits per heavy atom. The molecule has 0 atom stereocenters. The van der Waals surface area contributed by atoms with Crippen molar-refractivity contribution in [3.05, 3.63) is 0 Å². The molecule has 2 fully saturated rings. The van der Waals surface area contributed by atoms with Crippen LogP contribution in [-0.4, -0.2) is 73.7 Å². The molecule has 5 nitrogen and oxygen atoms in total. The Hall–Kier alpha value is -0.0800. The molecule has 2 rings (SSSR count). The molecule has 27 heavy (non-hydrogen) atoms. The number of unbranched alkanes of at least 4 members (excludes halogenated alkanes) is 1. The second kappa shape index (κ2) is 14.0. The van der Waals surface area contributed by atoms with E-state index in [0.717, 1.165) is 25.0 Å². The summed E-state index contributed by atoms with van der Waals surface area (Å²) in [6.07, 6.45) is 7.65. The van der Waals surface area contributed by atoms with Gasteiger partial charge in [0.25, 0.3) is 0 Å². The predicted molar refractivity (Wildman–Crippen MR) is 128 cm³/mol. The zero-order valence-corrected chi connectivity index (χ0v) is 20.5. The van der Waals surface area contributed by atoms with Crippen molar-refractivity contribution < 1.29 is 0 Å². The van der Waals surface area contributed by atoms with Gasteiger partial charge in [-0.15, -0.1) is 24.0 Å². The first-order valence-electron chi connectivity index (χ1n) is 11.1. The minimum Gasteiger partial charge on any atom is -0.357 e. The lowest BCUT2D eigenvalue weighted by Gasteiger charge is -2.35. The van der Waals surface area contributed by atoms with Crippen LogP contribution >= 0.6 is 24.0 Å². The number of likely N-dealkylation sites (tertiary alicyclic amines) is 2. The van der Waals surface area contributed by atoms with Gasteiger partial charge in [0.15, 0.2) is 5.96 Å². The largest absolute Gasteiger partial charge is 0.357 e. The molecule has 0 amide bonds. The van der Waals surface area contributed by atoms with Gasteiger partial charge in [0.2, 0.25) is 0 Å². The number of hydrogen-bond donors (Lipinski definition) is 2. The van der Waals surface area contributed by atoms with Crippen molar-refractivity contribution in [2.45, 2.75) is 78.3 Å². The first-order chi connectivity index (χ1) is 12.6. The third kappa shape index (κ3) is 9.79. The fourth-order valence-electron chi connectivity index (χ4n) is 4.00. The molecule has 2 saturated heterocycles. The molecule has 0 saturated carbocycles. The van der Waals surface area contributed by atoms with E-state index in [0.29, 0.717) is 12.1 Å². The third-order valence-corrected chi connectivity index (χ3v) is 5.97. The summed E-state index contributed by atoms with van der Waals surface area (Å²) in [4.78, 5) is 10.0. The second-order valence-corrected chi connectivity index (χ2v) is 8.54. The van der Waals surface area contributed by atoms with Gasteiger partial charge in [-0.1, -0.05) is 6.92 Å². The number of halogens is 1. The third-order valence-electron chi connectivity index (χ3n) is 5.97. The zero-order valence-electron chi connectivity index (χ0n) is 18.2. The van der Waals surface area contributed by atoms with Crippen molar-refractivity contribution in [3.8, 4) is 0 Å². The number of aliphatic imine (C=N–C) groups is 1. The summed E-state index contributed by atoms with van der Waals surface area (Å²) in [5.74, 6) is 1.94.